The molecule has 13 nitrogen and oxygen atoms in total. The normalized spacial score (nSPS) is 12.8. The summed E-state index contributed by atoms with van der Waals surface area (Å²) < 4.78 is 23.6. The minimum absolute atomic E-state index is 0.156. The Hall–Kier alpha value is -4.88. The Labute approximate surface area is 283 Å². The van der Waals surface area contributed by atoms with Crippen LogP contribution in [-0.2, 0) is 27.2 Å². The number of methoxy groups -OCH3 is 2. The number of esters is 1. The summed E-state index contributed by atoms with van der Waals surface area (Å²) in [4.78, 5) is 45.9. The molecule has 0 unspecified atom stereocenters. The lowest BCUT2D eigenvalue weighted by atomic mass is 10.1. The Morgan fingerprint density at radius 3 is 2.58 bits per heavy atom. The zero-order chi connectivity index (χ0) is 34.6. The number of fused-ring (bicyclic) bond motifs is 2. The van der Waals surface area contributed by atoms with E-state index in [4.69, 9.17) is 30.5 Å². The topological polar surface area (TPSA) is 137 Å². The van der Waals surface area contributed by atoms with Crippen molar-refractivity contribution in [3.8, 4) is 17.2 Å². The smallest absolute Gasteiger partial charge is 0.415 e. The molecule has 2 aromatic carbocycles. The zero-order valence-corrected chi connectivity index (χ0v) is 28.6. The minimum atomic E-state index is -0.675. The van der Waals surface area contributed by atoms with Gasteiger partial charge in [-0.05, 0) is 38.9 Å². The highest BCUT2D eigenvalue weighted by atomic mass is 35.5. The third kappa shape index (κ3) is 7.97. The largest absolute Gasteiger partial charge is 0.494 e. The maximum absolute atomic E-state index is 13.5. The van der Waals surface area contributed by atoms with Gasteiger partial charge in [0, 0.05) is 44.0 Å². The summed E-state index contributed by atoms with van der Waals surface area (Å²) in [5, 5.41) is 8.34. The molecule has 4 aromatic rings. The van der Waals surface area contributed by atoms with Crippen molar-refractivity contribution in [2.24, 2.45) is 0 Å². The van der Waals surface area contributed by atoms with E-state index in [1.165, 1.54) is 25.3 Å². The molecule has 2 aromatic heterocycles. The van der Waals surface area contributed by atoms with Crippen molar-refractivity contribution in [1.29, 1.82) is 0 Å². The van der Waals surface area contributed by atoms with Crippen molar-refractivity contribution in [3.05, 3.63) is 70.6 Å². The standard InChI is InChI=1S/C34H39ClN6O7/c1-34(2,3)48-33(44)40-12-13-47-28-17-26(27(45-5)16-25(28)40)41-24-18-29(35)37-19-23(24)31(38-41)32(43)36-10-11-39(4)20-22-9-7-8-21(14-22)15-30(42)46-6/h7-9,14,16-19H,10-13,15,20H2,1-6H3,(H,36,43). The zero-order valence-electron chi connectivity index (χ0n) is 27.8. The summed E-state index contributed by atoms with van der Waals surface area (Å²) in [7, 11) is 4.82. The number of likely N-dealkylation sites (N-methyl/N-ethyl adjacent to an activating group) is 1. The van der Waals surface area contributed by atoms with Crippen LogP contribution in [0.4, 0.5) is 10.5 Å². The lowest BCUT2D eigenvalue weighted by Crippen LogP contribution is -2.41. The predicted molar refractivity (Wildman–Crippen MR) is 180 cm³/mol. The molecule has 2 amide bonds. The second-order valence-electron chi connectivity index (χ2n) is 12.3. The fourth-order valence-corrected chi connectivity index (χ4v) is 5.47. The Balaban J connectivity index is 1.35. The first-order valence-corrected chi connectivity index (χ1v) is 15.8. The van der Waals surface area contributed by atoms with E-state index in [9.17, 15) is 14.4 Å². The van der Waals surface area contributed by atoms with Gasteiger partial charge in [-0.2, -0.15) is 5.10 Å². The maximum atomic E-state index is 13.5. The van der Waals surface area contributed by atoms with Crippen LogP contribution in [0.3, 0.4) is 0 Å². The highest BCUT2D eigenvalue weighted by Crippen LogP contribution is 2.41. The van der Waals surface area contributed by atoms with Gasteiger partial charge in [-0.3, -0.25) is 14.5 Å². The number of rotatable bonds is 10. The Morgan fingerprint density at radius 2 is 1.85 bits per heavy atom. The second-order valence-corrected chi connectivity index (χ2v) is 12.7. The number of halogens is 1. The first-order chi connectivity index (χ1) is 22.9. The minimum Gasteiger partial charge on any atom is -0.494 e. The summed E-state index contributed by atoms with van der Waals surface area (Å²) in [6.07, 6.45) is 1.22. The van der Waals surface area contributed by atoms with Crippen LogP contribution < -0.4 is 19.7 Å². The number of carbonyl (C=O) groups excluding carboxylic acids is 3. The third-order valence-electron chi connectivity index (χ3n) is 7.51. The van der Waals surface area contributed by atoms with Gasteiger partial charge in [0.05, 0.1) is 43.8 Å². The number of benzene rings is 2. The molecule has 3 heterocycles. The summed E-state index contributed by atoms with van der Waals surface area (Å²) in [5.74, 6) is 0.130. The number of hydrogen-bond donors (Lipinski definition) is 1. The van der Waals surface area contributed by atoms with E-state index in [-0.39, 0.29) is 35.8 Å². The highest BCUT2D eigenvalue weighted by molar-refractivity contribution is 6.30. The van der Waals surface area contributed by atoms with Crippen LogP contribution in [0.5, 0.6) is 11.5 Å². The summed E-state index contributed by atoms with van der Waals surface area (Å²) in [6.45, 7) is 7.51. The van der Waals surface area contributed by atoms with E-state index in [1.54, 1.807) is 43.7 Å². The van der Waals surface area contributed by atoms with E-state index in [0.29, 0.717) is 60.0 Å². The molecule has 0 saturated carbocycles. The number of hydrogen-bond acceptors (Lipinski definition) is 10. The predicted octanol–water partition coefficient (Wildman–Crippen LogP) is 4.79. The Morgan fingerprint density at radius 1 is 1.08 bits per heavy atom. The second kappa shape index (κ2) is 14.5. The molecule has 0 radical (unpaired) electrons. The molecule has 0 spiro atoms. The number of nitrogens with zero attached hydrogens (tertiary/aromatic N) is 5. The number of ether oxygens (including phenoxy) is 4. The summed E-state index contributed by atoms with van der Waals surface area (Å²) in [5.41, 5.74) is 2.89. The fraction of sp³-hybridized carbons (Fsp3) is 0.382. The fourth-order valence-electron chi connectivity index (χ4n) is 5.32. The Bertz CT molecular complexity index is 1840. The summed E-state index contributed by atoms with van der Waals surface area (Å²) in [6, 6.07) is 12.8. The molecule has 0 aliphatic carbocycles. The van der Waals surface area contributed by atoms with Crippen LogP contribution in [0, 0.1) is 0 Å². The third-order valence-corrected chi connectivity index (χ3v) is 7.72. The van der Waals surface area contributed by atoms with E-state index in [0.717, 1.165) is 11.1 Å². The molecular weight excluding hydrogens is 640 g/mol. The lowest BCUT2D eigenvalue weighted by molar-refractivity contribution is -0.139. The van der Waals surface area contributed by atoms with Gasteiger partial charge in [-0.15, -0.1) is 0 Å². The molecule has 0 bridgehead atoms. The van der Waals surface area contributed by atoms with Crippen LogP contribution in [0.15, 0.2) is 48.7 Å². The monoisotopic (exact) mass is 678 g/mol. The molecule has 0 fully saturated rings. The van der Waals surface area contributed by atoms with Gasteiger partial charge in [0.1, 0.15) is 34.5 Å². The van der Waals surface area contributed by atoms with E-state index in [1.807, 2.05) is 31.3 Å². The number of pyridine rings is 1. The molecule has 0 saturated heterocycles. The van der Waals surface area contributed by atoms with Crippen LogP contribution >= 0.6 is 11.6 Å². The van der Waals surface area contributed by atoms with E-state index in [2.05, 4.69) is 20.3 Å². The molecule has 1 aliphatic rings. The number of aromatic nitrogens is 3. The van der Waals surface area contributed by atoms with Crippen LogP contribution in [0.25, 0.3) is 16.6 Å². The summed E-state index contributed by atoms with van der Waals surface area (Å²) >= 11 is 6.29. The average molecular weight is 679 g/mol. The molecule has 5 rings (SSSR count). The lowest BCUT2D eigenvalue weighted by Gasteiger charge is -2.32. The number of carbonyl (C=O) groups is 3. The molecule has 14 heteroatoms. The van der Waals surface area contributed by atoms with Crippen LogP contribution in [-0.4, -0.2) is 90.7 Å². The molecule has 0 atom stereocenters. The quantitative estimate of drug-likeness (QED) is 0.184. The molecule has 1 N–H and O–H groups in total. The SMILES string of the molecule is COC(=O)Cc1cccc(CN(C)CCNC(=O)c2nn(-c3cc4c(cc3OC)N(C(=O)OC(C)(C)C)CCO4)c3cc(Cl)ncc23)c1. The maximum Gasteiger partial charge on any atom is 0.415 e. The number of anilines is 1. The van der Waals surface area contributed by atoms with Crippen molar-refractivity contribution in [1.82, 2.24) is 25.0 Å². The first kappa shape index (κ1) is 34.5. The highest BCUT2D eigenvalue weighted by Gasteiger charge is 2.31. The average Bonchev–Trinajstić information content (AvgIpc) is 3.41. The molecule has 48 heavy (non-hydrogen) atoms. The first-order valence-electron chi connectivity index (χ1n) is 15.4. The van der Waals surface area contributed by atoms with Gasteiger partial charge in [-0.1, -0.05) is 35.9 Å². The van der Waals surface area contributed by atoms with E-state index >= 15 is 0 Å². The van der Waals surface area contributed by atoms with Gasteiger partial charge in [0.15, 0.2) is 5.69 Å². The van der Waals surface area contributed by atoms with E-state index < -0.39 is 11.7 Å². The number of amides is 2. The van der Waals surface area contributed by atoms with Crippen molar-refractivity contribution >= 4 is 46.2 Å². The molecule has 1 aliphatic heterocycles. The van der Waals surface area contributed by atoms with Crippen LogP contribution in [0.1, 0.15) is 42.4 Å². The number of nitrogens with one attached hydrogen (secondary N) is 1. The molecule has 254 valence electrons. The van der Waals surface area contributed by atoms with Crippen LogP contribution in [0.2, 0.25) is 5.15 Å². The van der Waals surface area contributed by atoms with Crippen molar-refractivity contribution in [2.75, 3.05) is 52.4 Å². The molecular formula is C34H39ClN6O7. The van der Waals surface area contributed by atoms with Crippen molar-refractivity contribution in [2.45, 2.75) is 39.3 Å². The van der Waals surface area contributed by atoms with Gasteiger partial charge in [0.25, 0.3) is 5.91 Å². The van der Waals surface area contributed by atoms with Gasteiger partial charge in [0.2, 0.25) is 0 Å². The van der Waals surface area contributed by atoms with Crippen molar-refractivity contribution in [3.63, 3.8) is 0 Å². The van der Waals surface area contributed by atoms with Gasteiger partial charge in [-0.25, -0.2) is 14.5 Å². The van der Waals surface area contributed by atoms with Gasteiger partial charge < -0.3 is 29.2 Å². The van der Waals surface area contributed by atoms with Crippen molar-refractivity contribution < 1.29 is 33.3 Å². The van der Waals surface area contributed by atoms with Gasteiger partial charge >= 0.3 is 12.1 Å². The Kier molecular flexibility index (Phi) is 10.4.